The number of hydrogen-bond donors (Lipinski definition) is 3. The van der Waals surface area contributed by atoms with Crippen molar-refractivity contribution in [3.8, 4) is 0 Å². The first kappa shape index (κ1) is 20.0. The third kappa shape index (κ3) is 5.59. The SMILES string of the molecule is O=C(O)CNS(=O)(=O)c1ccc(C(=O)/C=C/c2ccc(C(=O)O)cc2)cc1. The van der Waals surface area contributed by atoms with Gasteiger partial charge < -0.3 is 10.2 Å². The van der Waals surface area contributed by atoms with Crippen LogP contribution in [0.15, 0.2) is 59.5 Å². The van der Waals surface area contributed by atoms with Crippen molar-refractivity contribution in [1.82, 2.24) is 4.72 Å². The highest BCUT2D eigenvalue weighted by molar-refractivity contribution is 7.89. The van der Waals surface area contributed by atoms with Gasteiger partial charge in [-0.1, -0.05) is 18.2 Å². The summed E-state index contributed by atoms with van der Waals surface area (Å²) in [7, 11) is -3.97. The van der Waals surface area contributed by atoms with E-state index in [0.29, 0.717) is 5.56 Å². The van der Waals surface area contributed by atoms with Gasteiger partial charge in [0.05, 0.1) is 10.5 Å². The fourth-order valence-corrected chi connectivity index (χ4v) is 3.02. The number of allylic oxidation sites excluding steroid dienone is 1. The van der Waals surface area contributed by atoms with Crippen LogP contribution in [0.5, 0.6) is 0 Å². The fraction of sp³-hybridized carbons (Fsp3) is 0.0556. The average molecular weight is 389 g/mol. The van der Waals surface area contributed by atoms with Crippen LogP contribution >= 0.6 is 0 Å². The lowest BCUT2D eigenvalue weighted by atomic mass is 10.1. The molecule has 2 aromatic rings. The molecule has 140 valence electrons. The van der Waals surface area contributed by atoms with Gasteiger partial charge in [-0.15, -0.1) is 0 Å². The number of carboxylic acids is 2. The van der Waals surface area contributed by atoms with Crippen LogP contribution in [-0.2, 0) is 14.8 Å². The maximum Gasteiger partial charge on any atom is 0.335 e. The van der Waals surface area contributed by atoms with Crippen LogP contribution in [0.1, 0.15) is 26.3 Å². The highest BCUT2D eigenvalue weighted by Gasteiger charge is 2.15. The number of sulfonamides is 1. The van der Waals surface area contributed by atoms with Crippen LogP contribution in [0.25, 0.3) is 6.08 Å². The smallest absolute Gasteiger partial charge is 0.335 e. The van der Waals surface area contributed by atoms with Gasteiger partial charge >= 0.3 is 11.9 Å². The van der Waals surface area contributed by atoms with Gasteiger partial charge in [-0.2, -0.15) is 4.72 Å². The van der Waals surface area contributed by atoms with Crippen LogP contribution in [0.3, 0.4) is 0 Å². The molecule has 0 unspecified atom stereocenters. The van der Waals surface area contributed by atoms with Crippen LogP contribution in [0.2, 0.25) is 0 Å². The minimum atomic E-state index is -3.97. The Hall–Kier alpha value is -3.30. The number of carbonyl (C=O) groups excluding carboxylic acids is 1. The van der Waals surface area contributed by atoms with Gasteiger partial charge in [0.2, 0.25) is 10.0 Å². The van der Waals surface area contributed by atoms with Gasteiger partial charge in [0.25, 0.3) is 0 Å². The van der Waals surface area contributed by atoms with E-state index >= 15 is 0 Å². The summed E-state index contributed by atoms with van der Waals surface area (Å²) in [6.45, 7) is -0.744. The van der Waals surface area contributed by atoms with Gasteiger partial charge in [-0.25, -0.2) is 13.2 Å². The lowest BCUT2D eigenvalue weighted by Gasteiger charge is -2.05. The Morgan fingerprint density at radius 3 is 1.96 bits per heavy atom. The standard InChI is InChI=1S/C18H15NO7S/c20-16(10-3-12-1-4-14(5-2-12)18(23)24)13-6-8-15(9-7-13)27(25,26)19-11-17(21)22/h1-10,19H,11H2,(H,21,22)(H,23,24)/b10-3+. The van der Waals surface area contributed by atoms with Crippen molar-refractivity contribution in [2.24, 2.45) is 0 Å². The largest absolute Gasteiger partial charge is 0.480 e. The third-order valence-corrected chi connectivity index (χ3v) is 4.86. The summed E-state index contributed by atoms with van der Waals surface area (Å²) in [4.78, 5) is 33.2. The van der Waals surface area contributed by atoms with Crippen molar-refractivity contribution in [2.45, 2.75) is 4.90 Å². The summed E-state index contributed by atoms with van der Waals surface area (Å²) in [5, 5.41) is 17.4. The average Bonchev–Trinajstić information content (AvgIpc) is 2.65. The molecule has 0 aliphatic rings. The highest BCUT2D eigenvalue weighted by Crippen LogP contribution is 2.12. The molecule has 0 spiro atoms. The Balaban J connectivity index is 2.08. The zero-order valence-electron chi connectivity index (χ0n) is 13.8. The maximum atomic E-state index is 12.1. The Morgan fingerprint density at radius 2 is 1.44 bits per heavy atom. The number of carboxylic acid groups (broad SMARTS) is 2. The predicted molar refractivity (Wildman–Crippen MR) is 96.0 cm³/mol. The van der Waals surface area contributed by atoms with E-state index in [9.17, 15) is 22.8 Å². The number of rotatable bonds is 8. The molecule has 2 aromatic carbocycles. The van der Waals surface area contributed by atoms with Crippen molar-refractivity contribution in [3.63, 3.8) is 0 Å². The number of benzene rings is 2. The second kappa shape index (κ2) is 8.39. The summed E-state index contributed by atoms with van der Waals surface area (Å²) in [5.41, 5.74) is 1.00. The van der Waals surface area contributed by atoms with Crippen LogP contribution in [0.4, 0.5) is 0 Å². The zero-order chi connectivity index (χ0) is 20.0. The minimum absolute atomic E-state index is 0.131. The van der Waals surface area contributed by atoms with E-state index in [1.165, 1.54) is 48.6 Å². The van der Waals surface area contributed by atoms with E-state index in [4.69, 9.17) is 10.2 Å². The van der Waals surface area contributed by atoms with Gasteiger partial charge in [-0.05, 0) is 48.0 Å². The minimum Gasteiger partial charge on any atom is -0.480 e. The number of nitrogens with one attached hydrogen (secondary N) is 1. The molecule has 0 saturated carbocycles. The lowest BCUT2D eigenvalue weighted by Crippen LogP contribution is -2.29. The molecule has 3 N–H and O–H groups in total. The normalized spacial score (nSPS) is 11.4. The van der Waals surface area contributed by atoms with Crippen molar-refractivity contribution in [3.05, 3.63) is 71.3 Å². The Bertz CT molecular complexity index is 991. The molecule has 0 heterocycles. The lowest BCUT2D eigenvalue weighted by molar-refractivity contribution is -0.135. The number of aliphatic carboxylic acids is 1. The van der Waals surface area contributed by atoms with Gasteiger partial charge in [0.15, 0.2) is 5.78 Å². The highest BCUT2D eigenvalue weighted by atomic mass is 32.2. The van der Waals surface area contributed by atoms with Crippen molar-refractivity contribution in [1.29, 1.82) is 0 Å². The molecule has 0 bridgehead atoms. The van der Waals surface area contributed by atoms with E-state index in [-0.39, 0.29) is 21.8 Å². The first-order chi connectivity index (χ1) is 12.7. The molecular formula is C18H15NO7S. The van der Waals surface area contributed by atoms with Crippen molar-refractivity contribution in [2.75, 3.05) is 6.54 Å². The summed E-state index contributed by atoms with van der Waals surface area (Å²) >= 11 is 0. The molecule has 9 heteroatoms. The molecular weight excluding hydrogens is 374 g/mol. The van der Waals surface area contributed by atoms with Gasteiger partial charge in [0, 0.05) is 5.56 Å². The molecule has 0 fully saturated rings. The zero-order valence-corrected chi connectivity index (χ0v) is 14.6. The quantitative estimate of drug-likeness (QED) is 0.461. The molecule has 0 aromatic heterocycles. The first-order valence-electron chi connectivity index (χ1n) is 7.56. The molecule has 0 amide bonds. The number of ketones is 1. The molecule has 27 heavy (non-hydrogen) atoms. The maximum absolute atomic E-state index is 12.1. The summed E-state index contributed by atoms with van der Waals surface area (Å²) in [6, 6.07) is 11.0. The third-order valence-electron chi connectivity index (χ3n) is 3.45. The first-order valence-corrected chi connectivity index (χ1v) is 9.04. The van der Waals surface area contributed by atoms with Crippen molar-refractivity contribution >= 4 is 33.8 Å². The summed E-state index contributed by atoms with van der Waals surface area (Å²) in [6.07, 6.45) is 2.79. The van der Waals surface area contributed by atoms with E-state index in [2.05, 4.69) is 0 Å². The van der Waals surface area contributed by atoms with Crippen molar-refractivity contribution < 1.29 is 33.0 Å². The fourth-order valence-electron chi connectivity index (χ4n) is 2.04. The van der Waals surface area contributed by atoms with Gasteiger partial charge in [0.1, 0.15) is 6.54 Å². The molecule has 0 aliphatic carbocycles. The molecule has 0 radical (unpaired) electrons. The van der Waals surface area contributed by atoms with Crippen LogP contribution < -0.4 is 4.72 Å². The Morgan fingerprint density at radius 1 is 0.889 bits per heavy atom. The predicted octanol–water partition coefficient (Wildman–Crippen LogP) is 1.64. The topological polar surface area (TPSA) is 138 Å². The van der Waals surface area contributed by atoms with Crippen LogP contribution in [0, 0.1) is 0 Å². The number of hydrogen-bond acceptors (Lipinski definition) is 5. The van der Waals surface area contributed by atoms with E-state index in [1.54, 1.807) is 12.1 Å². The van der Waals surface area contributed by atoms with Crippen LogP contribution in [-0.4, -0.2) is 42.9 Å². The summed E-state index contributed by atoms with van der Waals surface area (Å²) < 4.78 is 25.7. The van der Waals surface area contributed by atoms with E-state index in [1.807, 2.05) is 4.72 Å². The molecule has 2 rings (SSSR count). The van der Waals surface area contributed by atoms with E-state index in [0.717, 1.165) is 0 Å². The molecule has 0 aliphatic heterocycles. The monoisotopic (exact) mass is 389 g/mol. The van der Waals surface area contributed by atoms with E-state index < -0.39 is 28.5 Å². The Kier molecular flexibility index (Phi) is 6.22. The number of carbonyl (C=O) groups is 3. The summed E-state index contributed by atoms with van der Waals surface area (Å²) in [5.74, 6) is -2.74. The molecule has 0 saturated heterocycles. The molecule has 8 nitrogen and oxygen atoms in total. The second-order valence-corrected chi connectivity index (χ2v) is 7.13. The molecule has 0 atom stereocenters. The van der Waals surface area contributed by atoms with Gasteiger partial charge in [-0.3, -0.25) is 9.59 Å². The Labute approximate surface area is 154 Å². The second-order valence-electron chi connectivity index (χ2n) is 5.37. The number of aromatic carboxylic acids is 1.